The monoisotopic (exact) mass is 278 g/mol. The van der Waals surface area contributed by atoms with Gasteiger partial charge in [-0.1, -0.05) is 12.1 Å². The molecule has 0 amide bonds. The van der Waals surface area contributed by atoms with Gasteiger partial charge in [0.25, 0.3) is 0 Å². The number of esters is 2. The van der Waals surface area contributed by atoms with Crippen molar-refractivity contribution >= 4 is 11.9 Å². The number of phenols is 1. The van der Waals surface area contributed by atoms with E-state index in [4.69, 9.17) is 9.47 Å². The first-order valence-electron chi connectivity index (χ1n) is 6.56. The maximum absolute atomic E-state index is 12.1. The van der Waals surface area contributed by atoms with Crippen molar-refractivity contribution in [2.75, 3.05) is 13.7 Å². The Morgan fingerprint density at radius 3 is 2.55 bits per heavy atom. The summed E-state index contributed by atoms with van der Waals surface area (Å²) in [6.07, 6.45) is 0.852. The first-order valence-corrected chi connectivity index (χ1v) is 6.56. The normalized spacial score (nSPS) is 24.0. The second kappa shape index (κ2) is 5.53. The largest absolute Gasteiger partial charge is 0.508 e. The predicted molar refractivity (Wildman–Crippen MR) is 71.0 cm³/mol. The summed E-state index contributed by atoms with van der Waals surface area (Å²) in [7, 11) is 1.32. The van der Waals surface area contributed by atoms with Gasteiger partial charge in [-0.3, -0.25) is 9.59 Å². The van der Waals surface area contributed by atoms with Gasteiger partial charge in [0.05, 0.1) is 25.0 Å². The Balaban J connectivity index is 2.19. The Kier molecular flexibility index (Phi) is 3.97. The van der Waals surface area contributed by atoms with Crippen LogP contribution in [0.25, 0.3) is 0 Å². The van der Waals surface area contributed by atoms with Gasteiger partial charge in [-0.15, -0.1) is 0 Å². The lowest BCUT2D eigenvalue weighted by Gasteiger charge is -2.15. The molecule has 0 bridgehead atoms. The van der Waals surface area contributed by atoms with E-state index in [0.717, 1.165) is 5.56 Å². The number of ether oxygens (including phenoxy) is 2. The molecule has 1 N–H and O–H groups in total. The van der Waals surface area contributed by atoms with Crippen molar-refractivity contribution in [2.45, 2.75) is 19.8 Å². The summed E-state index contributed by atoms with van der Waals surface area (Å²) in [5, 5.41) is 9.28. The molecule has 1 saturated carbocycles. The first-order chi connectivity index (χ1) is 9.53. The number of hydrogen-bond acceptors (Lipinski definition) is 5. The van der Waals surface area contributed by atoms with Crippen molar-refractivity contribution in [1.82, 2.24) is 0 Å². The SMILES string of the molecule is CCOC(=O)[C@@]1(Cc2ccc(O)cc2)CC1C(=O)OC. The highest BCUT2D eigenvalue weighted by atomic mass is 16.5. The molecule has 0 spiro atoms. The summed E-state index contributed by atoms with van der Waals surface area (Å²) >= 11 is 0. The molecule has 0 heterocycles. The maximum atomic E-state index is 12.1. The minimum absolute atomic E-state index is 0.166. The summed E-state index contributed by atoms with van der Waals surface area (Å²) in [6, 6.07) is 6.60. The number of carbonyl (C=O) groups excluding carboxylic acids is 2. The van der Waals surface area contributed by atoms with E-state index in [1.54, 1.807) is 31.2 Å². The second-order valence-corrected chi connectivity index (χ2v) is 5.00. The first kappa shape index (κ1) is 14.4. The number of rotatable bonds is 5. The third kappa shape index (κ3) is 2.61. The highest BCUT2D eigenvalue weighted by Crippen LogP contribution is 2.56. The molecule has 20 heavy (non-hydrogen) atoms. The quantitative estimate of drug-likeness (QED) is 0.829. The van der Waals surface area contributed by atoms with Gasteiger partial charge < -0.3 is 14.6 Å². The Morgan fingerprint density at radius 1 is 1.35 bits per heavy atom. The molecule has 1 aromatic rings. The fraction of sp³-hybridized carbons (Fsp3) is 0.467. The third-order valence-corrected chi connectivity index (χ3v) is 3.70. The van der Waals surface area contributed by atoms with Crippen LogP contribution in [-0.4, -0.2) is 30.8 Å². The summed E-state index contributed by atoms with van der Waals surface area (Å²) in [6.45, 7) is 2.02. The van der Waals surface area contributed by atoms with Gasteiger partial charge in [0.2, 0.25) is 0 Å². The zero-order valence-electron chi connectivity index (χ0n) is 11.6. The smallest absolute Gasteiger partial charge is 0.313 e. The zero-order chi connectivity index (χ0) is 14.8. The molecule has 1 unspecified atom stereocenters. The average Bonchev–Trinajstić information content (AvgIpc) is 3.16. The minimum Gasteiger partial charge on any atom is -0.508 e. The van der Waals surface area contributed by atoms with Gasteiger partial charge in [-0.2, -0.15) is 0 Å². The fourth-order valence-electron chi connectivity index (χ4n) is 2.50. The number of methoxy groups -OCH3 is 1. The van der Waals surface area contributed by atoms with Crippen LogP contribution in [0.4, 0.5) is 0 Å². The second-order valence-electron chi connectivity index (χ2n) is 5.00. The zero-order valence-corrected chi connectivity index (χ0v) is 11.6. The van der Waals surface area contributed by atoms with Crippen LogP contribution in [-0.2, 0) is 25.5 Å². The molecular weight excluding hydrogens is 260 g/mol. The van der Waals surface area contributed by atoms with E-state index in [9.17, 15) is 14.7 Å². The molecule has 2 atom stereocenters. The average molecular weight is 278 g/mol. The van der Waals surface area contributed by atoms with E-state index < -0.39 is 11.3 Å². The van der Waals surface area contributed by atoms with Crippen LogP contribution in [0, 0.1) is 11.3 Å². The third-order valence-electron chi connectivity index (χ3n) is 3.70. The summed E-state index contributed by atoms with van der Waals surface area (Å²) < 4.78 is 9.82. The van der Waals surface area contributed by atoms with E-state index in [1.807, 2.05) is 0 Å². The summed E-state index contributed by atoms with van der Waals surface area (Å²) in [5.41, 5.74) is 0.0577. The van der Waals surface area contributed by atoms with Gasteiger partial charge >= 0.3 is 11.9 Å². The van der Waals surface area contributed by atoms with Gasteiger partial charge in [-0.25, -0.2) is 0 Å². The lowest BCUT2D eigenvalue weighted by Crippen LogP contribution is -2.26. The van der Waals surface area contributed by atoms with Crippen molar-refractivity contribution in [3.8, 4) is 5.75 Å². The van der Waals surface area contributed by atoms with E-state index in [2.05, 4.69) is 0 Å². The molecule has 1 aliphatic rings. The summed E-state index contributed by atoms with van der Waals surface area (Å²) in [5.74, 6) is -1.01. The molecule has 108 valence electrons. The van der Waals surface area contributed by atoms with Crippen LogP contribution < -0.4 is 0 Å². The number of carbonyl (C=O) groups is 2. The van der Waals surface area contributed by atoms with E-state index >= 15 is 0 Å². The van der Waals surface area contributed by atoms with Crippen LogP contribution in [0.2, 0.25) is 0 Å². The number of phenolic OH excluding ortho intramolecular Hbond substituents is 1. The van der Waals surface area contributed by atoms with Crippen molar-refractivity contribution in [1.29, 1.82) is 0 Å². The van der Waals surface area contributed by atoms with E-state index in [0.29, 0.717) is 12.8 Å². The molecule has 1 aromatic carbocycles. The number of hydrogen-bond donors (Lipinski definition) is 1. The molecule has 0 saturated heterocycles. The van der Waals surface area contributed by atoms with Gasteiger partial charge in [-0.05, 0) is 37.5 Å². The van der Waals surface area contributed by atoms with Gasteiger partial charge in [0, 0.05) is 0 Å². The van der Waals surface area contributed by atoms with Crippen LogP contribution in [0.3, 0.4) is 0 Å². The maximum Gasteiger partial charge on any atom is 0.313 e. The molecule has 1 fully saturated rings. The van der Waals surface area contributed by atoms with Crippen molar-refractivity contribution in [3.05, 3.63) is 29.8 Å². The molecule has 5 nitrogen and oxygen atoms in total. The van der Waals surface area contributed by atoms with E-state index in [1.165, 1.54) is 7.11 Å². The van der Waals surface area contributed by atoms with Crippen LogP contribution >= 0.6 is 0 Å². The Morgan fingerprint density at radius 2 is 2.00 bits per heavy atom. The molecule has 2 rings (SSSR count). The Hall–Kier alpha value is -2.04. The lowest BCUT2D eigenvalue weighted by atomic mass is 9.93. The Bertz CT molecular complexity index is 508. The van der Waals surface area contributed by atoms with Crippen molar-refractivity contribution in [3.63, 3.8) is 0 Å². The summed E-state index contributed by atoms with van der Waals surface area (Å²) in [4.78, 5) is 23.8. The highest BCUT2D eigenvalue weighted by Gasteiger charge is 2.65. The van der Waals surface area contributed by atoms with Crippen LogP contribution in [0.15, 0.2) is 24.3 Å². The standard InChI is InChI=1S/C15H18O5/c1-3-20-14(18)15(9-12(15)13(17)19-2)8-10-4-6-11(16)7-5-10/h4-7,12,16H,3,8-9H2,1-2H3/t12?,15-/m0/s1. The minimum atomic E-state index is -0.819. The Labute approximate surface area is 117 Å². The van der Waals surface area contributed by atoms with Crippen molar-refractivity contribution < 1.29 is 24.2 Å². The molecular formula is C15H18O5. The van der Waals surface area contributed by atoms with Crippen LogP contribution in [0.1, 0.15) is 18.9 Å². The molecule has 5 heteroatoms. The lowest BCUT2D eigenvalue weighted by molar-refractivity contribution is -0.154. The fourth-order valence-corrected chi connectivity index (χ4v) is 2.50. The number of aromatic hydroxyl groups is 1. The van der Waals surface area contributed by atoms with E-state index in [-0.39, 0.29) is 24.3 Å². The van der Waals surface area contributed by atoms with Gasteiger partial charge in [0.15, 0.2) is 0 Å². The number of benzene rings is 1. The topological polar surface area (TPSA) is 72.8 Å². The molecule has 0 aliphatic heterocycles. The van der Waals surface area contributed by atoms with Crippen LogP contribution in [0.5, 0.6) is 5.75 Å². The molecule has 0 aromatic heterocycles. The van der Waals surface area contributed by atoms with Gasteiger partial charge in [0.1, 0.15) is 5.75 Å². The van der Waals surface area contributed by atoms with Crippen molar-refractivity contribution in [2.24, 2.45) is 11.3 Å². The molecule has 0 radical (unpaired) electrons. The molecule has 1 aliphatic carbocycles. The highest BCUT2D eigenvalue weighted by molar-refractivity contribution is 5.91. The predicted octanol–water partition coefficient (Wildman–Crippen LogP) is 1.68.